The van der Waals surface area contributed by atoms with Gasteiger partial charge in [-0.25, -0.2) is 0 Å². The van der Waals surface area contributed by atoms with Gasteiger partial charge in [0.1, 0.15) is 11.6 Å². The molecule has 0 saturated carbocycles. The van der Waals surface area contributed by atoms with E-state index in [0.717, 1.165) is 50.7 Å². The lowest BCUT2D eigenvalue weighted by Gasteiger charge is -2.23. The molecule has 2 aliphatic rings. The van der Waals surface area contributed by atoms with Crippen LogP contribution in [0.4, 0.5) is 0 Å². The van der Waals surface area contributed by atoms with E-state index in [0.29, 0.717) is 6.04 Å². The third-order valence-corrected chi connectivity index (χ3v) is 4.12. The second kappa shape index (κ2) is 5.28. The van der Waals surface area contributed by atoms with E-state index in [1.165, 1.54) is 12.8 Å². The van der Waals surface area contributed by atoms with Gasteiger partial charge in [-0.05, 0) is 19.4 Å². The molecule has 6 heteroatoms. The molecule has 0 radical (unpaired) electrons. The largest absolute Gasteiger partial charge is 0.341 e. The van der Waals surface area contributed by atoms with Gasteiger partial charge in [0.05, 0.1) is 6.04 Å². The summed E-state index contributed by atoms with van der Waals surface area (Å²) in [6.07, 6.45) is 4.43. The molecule has 0 aromatic carbocycles. The summed E-state index contributed by atoms with van der Waals surface area (Å²) in [7, 11) is 0. The van der Waals surface area contributed by atoms with Gasteiger partial charge in [0.15, 0.2) is 0 Å². The van der Waals surface area contributed by atoms with Crippen LogP contribution in [0.5, 0.6) is 0 Å². The van der Waals surface area contributed by atoms with E-state index < -0.39 is 0 Å². The summed E-state index contributed by atoms with van der Waals surface area (Å²) in [6, 6.07) is 0.332. The quantitative estimate of drug-likeness (QED) is 0.801. The minimum absolute atomic E-state index is 0.149. The summed E-state index contributed by atoms with van der Waals surface area (Å²) < 4.78 is 2.21. The fourth-order valence-corrected chi connectivity index (χ4v) is 2.99. The molecule has 1 unspecified atom stereocenters. The number of carbonyl (C=O) groups is 1. The molecule has 3 heterocycles. The Labute approximate surface area is 113 Å². The molecule has 1 N–H and O–H groups in total. The molecule has 1 amide bonds. The van der Waals surface area contributed by atoms with Crippen molar-refractivity contribution in [2.45, 2.75) is 45.2 Å². The van der Waals surface area contributed by atoms with Gasteiger partial charge in [-0.1, -0.05) is 6.42 Å². The third kappa shape index (κ3) is 2.49. The number of piperidine rings is 1. The van der Waals surface area contributed by atoms with Crippen LogP contribution in [-0.4, -0.2) is 45.2 Å². The van der Waals surface area contributed by atoms with E-state index >= 15 is 0 Å². The molecule has 1 aromatic heterocycles. The zero-order valence-corrected chi connectivity index (χ0v) is 11.4. The Morgan fingerprint density at radius 3 is 2.89 bits per heavy atom. The molecule has 3 rings (SSSR count). The van der Waals surface area contributed by atoms with Crippen molar-refractivity contribution in [1.82, 2.24) is 25.0 Å². The molecule has 19 heavy (non-hydrogen) atoms. The normalized spacial score (nSPS) is 23.8. The summed E-state index contributed by atoms with van der Waals surface area (Å²) in [6.45, 7) is 5.03. The van der Waals surface area contributed by atoms with Crippen LogP contribution in [0.25, 0.3) is 0 Å². The predicted octanol–water partition coefficient (Wildman–Crippen LogP) is 0.497. The smallest absolute Gasteiger partial charge is 0.219 e. The van der Waals surface area contributed by atoms with Crippen molar-refractivity contribution in [3.05, 3.63) is 11.6 Å². The first-order valence-electron chi connectivity index (χ1n) is 7.16. The molecular formula is C13H21N5O. The lowest BCUT2D eigenvalue weighted by Crippen LogP contribution is -2.32. The topological polar surface area (TPSA) is 63.1 Å². The highest BCUT2D eigenvalue weighted by molar-refractivity contribution is 5.73. The first kappa shape index (κ1) is 12.6. The Morgan fingerprint density at radius 1 is 1.26 bits per heavy atom. The Bertz CT molecular complexity index is 464. The Morgan fingerprint density at radius 2 is 2.16 bits per heavy atom. The van der Waals surface area contributed by atoms with Gasteiger partial charge in [-0.15, -0.1) is 10.2 Å². The number of fused-ring (bicyclic) bond motifs is 1. The molecule has 1 fully saturated rings. The van der Waals surface area contributed by atoms with E-state index in [2.05, 4.69) is 20.1 Å². The van der Waals surface area contributed by atoms with Crippen LogP contribution in [0.3, 0.4) is 0 Å². The van der Waals surface area contributed by atoms with E-state index in [1.54, 1.807) is 6.92 Å². The van der Waals surface area contributed by atoms with Gasteiger partial charge in [0.2, 0.25) is 5.91 Å². The van der Waals surface area contributed by atoms with Gasteiger partial charge in [0.25, 0.3) is 0 Å². The van der Waals surface area contributed by atoms with E-state index in [1.807, 2.05) is 4.90 Å². The standard InChI is InChI=1S/C13H21N5O/c1-10(19)17-7-5-12-15-16-13(18(12)9-8-17)11-4-2-3-6-14-11/h11,14H,2-9H2,1H3. The highest BCUT2D eigenvalue weighted by Crippen LogP contribution is 2.23. The van der Waals surface area contributed by atoms with Crippen LogP contribution in [0, 0.1) is 0 Å². The molecule has 0 spiro atoms. The highest BCUT2D eigenvalue weighted by Gasteiger charge is 2.25. The molecule has 6 nitrogen and oxygen atoms in total. The molecule has 0 aliphatic carbocycles. The van der Waals surface area contributed by atoms with Crippen molar-refractivity contribution in [2.75, 3.05) is 19.6 Å². The van der Waals surface area contributed by atoms with Gasteiger partial charge >= 0.3 is 0 Å². The molecular weight excluding hydrogens is 242 g/mol. The summed E-state index contributed by atoms with van der Waals surface area (Å²) in [5, 5.41) is 12.2. The number of hydrogen-bond acceptors (Lipinski definition) is 4. The van der Waals surface area contributed by atoms with Gasteiger partial charge in [-0.3, -0.25) is 4.79 Å². The SMILES string of the molecule is CC(=O)N1CCc2nnc(C3CCCCN3)n2CC1. The van der Waals surface area contributed by atoms with Crippen LogP contribution in [0.15, 0.2) is 0 Å². The van der Waals surface area contributed by atoms with Gasteiger partial charge in [-0.2, -0.15) is 0 Å². The predicted molar refractivity (Wildman–Crippen MR) is 70.6 cm³/mol. The number of carbonyl (C=O) groups excluding carboxylic acids is 1. The number of aromatic nitrogens is 3. The van der Waals surface area contributed by atoms with Crippen molar-refractivity contribution in [3.8, 4) is 0 Å². The van der Waals surface area contributed by atoms with Gasteiger partial charge in [0, 0.05) is 33.0 Å². The summed E-state index contributed by atoms with van der Waals surface area (Å²) >= 11 is 0. The van der Waals surface area contributed by atoms with Crippen LogP contribution < -0.4 is 5.32 Å². The van der Waals surface area contributed by atoms with E-state index in [4.69, 9.17) is 0 Å². The maximum Gasteiger partial charge on any atom is 0.219 e. The Hall–Kier alpha value is -1.43. The molecule has 0 bridgehead atoms. The average molecular weight is 263 g/mol. The highest BCUT2D eigenvalue weighted by atomic mass is 16.2. The average Bonchev–Trinajstić information content (AvgIpc) is 2.71. The molecule has 2 aliphatic heterocycles. The third-order valence-electron chi connectivity index (χ3n) is 4.12. The van der Waals surface area contributed by atoms with Crippen molar-refractivity contribution in [3.63, 3.8) is 0 Å². The van der Waals surface area contributed by atoms with Crippen molar-refractivity contribution in [1.29, 1.82) is 0 Å². The van der Waals surface area contributed by atoms with Crippen LogP contribution in [0.2, 0.25) is 0 Å². The monoisotopic (exact) mass is 263 g/mol. The molecule has 1 atom stereocenters. The molecule has 104 valence electrons. The van der Waals surface area contributed by atoms with E-state index in [9.17, 15) is 4.79 Å². The van der Waals surface area contributed by atoms with Crippen molar-refractivity contribution in [2.24, 2.45) is 0 Å². The molecule has 1 aromatic rings. The van der Waals surface area contributed by atoms with Crippen LogP contribution in [0.1, 0.15) is 43.9 Å². The van der Waals surface area contributed by atoms with E-state index in [-0.39, 0.29) is 5.91 Å². The lowest BCUT2D eigenvalue weighted by molar-refractivity contribution is -0.128. The number of rotatable bonds is 1. The van der Waals surface area contributed by atoms with Crippen molar-refractivity contribution >= 4 is 5.91 Å². The van der Waals surface area contributed by atoms with Crippen LogP contribution >= 0.6 is 0 Å². The second-order valence-electron chi connectivity index (χ2n) is 5.38. The summed E-state index contributed by atoms with van der Waals surface area (Å²) in [4.78, 5) is 13.4. The maximum absolute atomic E-state index is 11.5. The first-order chi connectivity index (χ1) is 9.25. The number of hydrogen-bond donors (Lipinski definition) is 1. The van der Waals surface area contributed by atoms with Gasteiger partial charge < -0.3 is 14.8 Å². The second-order valence-corrected chi connectivity index (χ2v) is 5.38. The zero-order valence-electron chi connectivity index (χ0n) is 11.4. The summed E-state index contributed by atoms with van der Waals surface area (Å²) in [5.74, 6) is 2.22. The fourth-order valence-electron chi connectivity index (χ4n) is 2.99. The maximum atomic E-state index is 11.5. The Balaban J connectivity index is 1.79. The zero-order chi connectivity index (χ0) is 13.2. The van der Waals surface area contributed by atoms with Crippen molar-refractivity contribution < 1.29 is 4.79 Å². The minimum Gasteiger partial charge on any atom is -0.341 e. The number of nitrogens with zero attached hydrogens (tertiary/aromatic N) is 4. The van der Waals surface area contributed by atoms with Crippen LogP contribution in [-0.2, 0) is 17.8 Å². The summed E-state index contributed by atoms with van der Waals surface area (Å²) in [5.41, 5.74) is 0. The lowest BCUT2D eigenvalue weighted by atomic mass is 10.0. The first-order valence-corrected chi connectivity index (χ1v) is 7.16. The minimum atomic E-state index is 0.149. The molecule has 1 saturated heterocycles. The Kier molecular flexibility index (Phi) is 3.50. The number of nitrogens with one attached hydrogen (secondary N) is 1. The fraction of sp³-hybridized carbons (Fsp3) is 0.769. The number of amides is 1.